The van der Waals surface area contributed by atoms with Crippen LogP contribution in [0, 0.1) is 13.8 Å². The average Bonchev–Trinajstić information content (AvgIpc) is 2.38. The third-order valence-electron chi connectivity index (χ3n) is 2.98. The van der Waals surface area contributed by atoms with Crippen molar-refractivity contribution in [2.45, 2.75) is 13.8 Å². The Balaban J connectivity index is 2.47. The van der Waals surface area contributed by atoms with Gasteiger partial charge in [0.1, 0.15) is 5.82 Å². The molecule has 0 saturated heterocycles. The third kappa shape index (κ3) is 2.25. The molecule has 1 aromatic carbocycles. The summed E-state index contributed by atoms with van der Waals surface area (Å²) < 4.78 is 0. The first-order valence-corrected chi connectivity index (χ1v) is 5.84. The van der Waals surface area contributed by atoms with Crippen LogP contribution in [0.4, 0.5) is 11.5 Å². The zero-order chi connectivity index (χ0) is 13.1. The maximum Gasteiger partial charge on any atom is 0.153 e. The van der Waals surface area contributed by atoms with Gasteiger partial charge in [-0.1, -0.05) is 17.7 Å². The fourth-order valence-electron chi connectivity index (χ4n) is 2.08. The van der Waals surface area contributed by atoms with Gasteiger partial charge in [-0.15, -0.1) is 0 Å². The number of benzene rings is 1. The highest BCUT2D eigenvalue weighted by molar-refractivity contribution is 5.85. The van der Waals surface area contributed by atoms with Crippen LogP contribution in [0.3, 0.4) is 0 Å². The minimum Gasteiger partial charge on any atom is -0.329 e. The van der Waals surface area contributed by atoms with Crippen LogP contribution in [0.15, 0.2) is 36.5 Å². The lowest BCUT2D eigenvalue weighted by Crippen LogP contribution is -2.14. The van der Waals surface area contributed by atoms with E-state index in [-0.39, 0.29) is 0 Å². The van der Waals surface area contributed by atoms with Crippen molar-refractivity contribution in [1.82, 2.24) is 4.98 Å². The van der Waals surface area contributed by atoms with Crippen LogP contribution < -0.4 is 4.90 Å². The first-order chi connectivity index (χ1) is 8.63. The van der Waals surface area contributed by atoms with Crippen LogP contribution in [-0.2, 0) is 0 Å². The quantitative estimate of drug-likeness (QED) is 0.772. The smallest absolute Gasteiger partial charge is 0.153 e. The molecule has 2 rings (SSSR count). The molecule has 0 spiro atoms. The molecule has 0 saturated carbocycles. The molecule has 1 aromatic heterocycles. The van der Waals surface area contributed by atoms with E-state index in [1.807, 2.05) is 18.0 Å². The van der Waals surface area contributed by atoms with Gasteiger partial charge in [0.25, 0.3) is 0 Å². The van der Waals surface area contributed by atoms with Crippen LogP contribution in [0.1, 0.15) is 21.5 Å². The number of aldehydes is 1. The summed E-state index contributed by atoms with van der Waals surface area (Å²) in [5.41, 5.74) is 4.05. The first-order valence-electron chi connectivity index (χ1n) is 5.84. The molecular weight excluding hydrogens is 224 g/mol. The van der Waals surface area contributed by atoms with Gasteiger partial charge in [-0.3, -0.25) is 4.79 Å². The van der Waals surface area contributed by atoms with Crippen molar-refractivity contribution in [1.29, 1.82) is 0 Å². The lowest BCUT2D eigenvalue weighted by atomic mass is 10.1. The normalized spacial score (nSPS) is 10.2. The molecule has 0 fully saturated rings. The second kappa shape index (κ2) is 5.00. The number of aromatic nitrogens is 1. The van der Waals surface area contributed by atoms with Crippen LogP contribution >= 0.6 is 0 Å². The number of aryl methyl sites for hydroxylation is 2. The van der Waals surface area contributed by atoms with E-state index in [1.54, 1.807) is 18.3 Å². The fraction of sp³-hybridized carbons (Fsp3) is 0.200. The summed E-state index contributed by atoms with van der Waals surface area (Å²) in [6.07, 6.45) is 2.53. The molecule has 0 atom stereocenters. The second-order valence-electron chi connectivity index (χ2n) is 4.38. The minimum atomic E-state index is 0.597. The Morgan fingerprint density at radius 1 is 1.22 bits per heavy atom. The van der Waals surface area contributed by atoms with Crippen molar-refractivity contribution >= 4 is 17.8 Å². The van der Waals surface area contributed by atoms with Crippen molar-refractivity contribution in [2.24, 2.45) is 0 Å². The molecular formula is C15H16N2O. The molecule has 2 aromatic rings. The number of hydrogen-bond donors (Lipinski definition) is 0. The number of carbonyl (C=O) groups excluding carboxylic acids is 1. The van der Waals surface area contributed by atoms with E-state index in [2.05, 4.69) is 31.0 Å². The molecule has 0 amide bonds. The van der Waals surface area contributed by atoms with Gasteiger partial charge in [-0.25, -0.2) is 4.98 Å². The van der Waals surface area contributed by atoms with Crippen LogP contribution in [-0.4, -0.2) is 18.3 Å². The minimum absolute atomic E-state index is 0.597. The Morgan fingerprint density at radius 3 is 2.67 bits per heavy atom. The van der Waals surface area contributed by atoms with E-state index >= 15 is 0 Å². The summed E-state index contributed by atoms with van der Waals surface area (Å²) in [6.45, 7) is 4.12. The molecule has 0 bridgehead atoms. The van der Waals surface area contributed by atoms with E-state index < -0.39 is 0 Å². The Kier molecular flexibility index (Phi) is 3.42. The van der Waals surface area contributed by atoms with Crippen LogP contribution in [0.25, 0.3) is 0 Å². The van der Waals surface area contributed by atoms with E-state index in [0.717, 1.165) is 12.0 Å². The Bertz CT molecular complexity index is 578. The van der Waals surface area contributed by atoms with Gasteiger partial charge in [-0.05, 0) is 37.6 Å². The van der Waals surface area contributed by atoms with E-state index in [1.165, 1.54) is 11.1 Å². The van der Waals surface area contributed by atoms with Crippen molar-refractivity contribution in [2.75, 3.05) is 11.9 Å². The number of pyridine rings is 1. The molecule has 0 unspecified atom stereocenters. The summed E-state index contributed by atoms with van der Waals surface area (Å²) in [5.74, 6) is 0.680. The molecule has 18 heavy (non-hydrogen) atoms. The Labute approximate surface area is 107 Å². The fourth-order valence-corrected chi connectivity index (χ4v) is 2.08. The topological polar surface area (TPSA) is 33.2 Å². The van der Waals surface area contributed by atoms with Gasteiger partial charge in [-0.2, -0.15) is 0 Å². The summed E-state index contributed by atoms with van der Waals surface area (Å²) >= 11 is 0. The van der Waals surface area contributed by atoms with Gasteiger partial charge >= 0.3 is 0 Å². The summed E-state index contributed by atoms with van der Waals surface area (Å²) in [7, 11) is 1.92. The number of rotatable bonds is 3. The molecule has 3 heteroatoms. The maximum atomic E-state index is 11.0. The molecule has 0 radical (unpaired) electrons. The highest BCUT2D eigenvalue weighted by Gasteiger charge is 2.11. The van der Waals surface area contributed by atoms with Gasteiger partial charge in [0.05, 0.1) is 5.56 Å². The molecule has 92 valence electrons. The molecule has 1 heterocycles. The van der Waals surface area contributed by atoms with Gasteiger partial charge in [0, 0.05) is 18.9 Å². The summed E-state index contributed by atoms with van der Waals surface area (Å²) in [4.78, 5) is 17.3. The van der Waals surface area contributed by atoms with Crippen molar-refractivity contribution in [3.05, 3.63) is 53.2 Å². The largest absolute Gasteiger partial charge is 0.329 e. The highest BCUT2D eigenvalue weighted by atomic mass is 16.1. The van der Waals surface area contributed by atoms with Gasteiger partial charge in [0.15, 0.2) is 6.29 Å². The number of hydrogen-bond acceptors (Lipinski definition) is 3. The number of carbonyl (C=O) groups is 1. The number of nitrogens with zero attached hydrogens (tertiary/aromatic N) is 2. The zero-order valence-electron chi connectivity index (χ0n) is 10.8. The molecule has 0 N–H and O–H groups in total. The monoisotopic (exact) mass is 240 g/mol. The maximum absolute atomic E-state index is 11.0. The van der Waals surface area contributed by atoms with Crippen molar-refractivity contribution < 1.29 is 4.79 Å². The summed E-state index contributed by atoms with van der Waals surface area (Å²) in [6, 6.07) is 9.77. The van der Waals surface area contributed by atoms with Gasteiger partial charge in [0.2, 0.25) is 0 Å². The molecule has 0 aliphatic heterocycles. The first kappa shape index (κ1) is 12.3. The predicted octanol–water partition coefficient (Wildman–Crippen LogP) is 3.28. The van der Waals surface area contributed by atoms with E-state index in [4.69, 9.17) is 0 Å². The third-order valence-corrected chi connectivity index (χ3v) is 2.98. The van der Waals surface area contributed by atoms with Crippen LogP contribution in [0.2, 0.25) is 0 Å². The van der Waals surface area contributed by atoms with E-state index in [0.29, 0.717) is 11.4 Å². The predicted molar refractivity (Wildman–Crippen MR) is 73.6 cm³/mol. The highest BCUT2D eigenvalue weighted by Crippen LogP contribution is 2.27. The SMILES string of the molecule is Cc1ccc(N(C)c2ncccc2C=O)c(C)c1. The van der Waals surface area contributed by atoms with Crippen LogP contribution in [0.5, 0.6) is 0 Å². The molecule has 3 nitrogen and oxygen atoms in total. The van der Waals surface area contributed by atoms with Crippen molar-refractivity contribution in [3.63, 3.8) is 0 Å². The standard InChI is InChI=1S/C15H16N2O/c1-11-6-7-14(12(2)9-11)17(3)15-13(10-18)5-4-8-16-15/h4-10H,1-3H3. The zero-order valence-corrected chi connectivity index (χ0v) is 10.8. The summed E-state index contributed by atoms with van der Waals surface area (Å²) in [5, 5.41) is 0. The molecule has 0 aliphatic rings. The Morgan fingerprint density at radius 2 is 2.00 bits per heavy atom. The van der Waals surface area contributed by atoms with E-state index in [9.17, 15) is 4.79 Å². The van der Waals surface area contributed by atoms with Crippen molar-refractivity contribution in [3.8, 4) is 0 Å². The number of anilines is 2. The molecule has 0 aliphatic carbocycles. The Hall–Kier alpha value is -2.16. The lowest BCUT2D eigenvalue weighted by Gasteiger charge is -2.21. The van der Waals surface area contributed by atoms with Gasteiger partial charge < -0.3 is 4.90 Å². The average molecular weight is 240 g/mol. The lowest BCUT2D eigenvalue weighted by molar-refractivity contribution is 0.112. The second-order valence-corrected chi connectivity index (χ2v) is 4.38.